The molecule has 12 heavy (non-hydrogen) atoms. The highest BCUT2D eigenvalue weighted by Gasteiger charge is 2.01. The number of anilines is 1. The first-order chi connectivity index (χ1) is 5.59. The van der Waals surface area contributed by atoms with Gasteiger partial charge in [-0.15, -0.1) is 0 Å². The third-order valence-electron chi connectivity index (χ3n) is 1.46. The molecule has 0 aromatic carbocycles. The van der Waals surface area contributed by atoms with E-state index in [4.69, 9.17) is 5.73 Å². The molecule has 4 heteroatoms. The molecule has 0 spiro atoms. The number of hydrogen-bond donors (Lipinski definition) is 1. The molecule has 0 atom stereocenters. The summed E-state index contributed by atoms with van der Waals surface area (Å²) in [6.07, 6.45) is 0. The van der Waals surface area contributed by atoms with Crippen LogP contribution in [0.2, 0.25) is 0 Å². The Morgan fingerprint density at radius 2 is 2.17 bits per heavy atom. The van der Waals surface area contributed by atoms with Crippen molar-refractivity contribution in [3.8, 4) is 0 Å². The number of halogens is 1. The van der Waals surface area contributed by atoms with E-state index >= 15 is 0 Å². The van der Waals surface area contributed by atoms with E-state index in [-0.39, 0.29) is 0 Å². The molecule has 0 fully saturated rings. The molecule has 0 saturated heterocycles. The van der Waals surface area contributed by atoms with Crippen LogP contribution >= 0.6 is 15.9 Å². The molecule has 0 saturated carbocycles. The zero-order valence-electron chi connectivity index (χ0n) is 7.21. The van der Waals surface area contributed by atoms with Crippen molar-refractivity contribution in [1.29, 1.82) is 0 Å². The second-order valence-corrected chi connectivity index (χ2v) is 3.73. The molecule has 3 nitrogen and oxygen atoms in total. The average molecular weight is 230 g/mol. The van der Waals surface area contributed by atoms with Gasteiger partial charge in [-0.3, -0.25) is 0 Å². The quantitative estimate of drug-likeness (QED) is 0.782. The van der Waals surface area contributed by atoms with Gasteiger partial charge in [-0.2, -0.15) is 0 Å². The fraction of sp³-hybridized carbons (Fsp3) is 0.375. The largest absolute Gasteiger partial charge is 0.383 e. The minimum atomic E-state index is 0.595. The van der Waals surface area contributed by atoms with E-state index in [2.05, 4.69) is 25.8 Å². The maximum atomic E-state index is 5.70. The van der Waals surface area contributed by atoms with Crippen LogP contribution in [0.15, 0.2) is 16.7 Å². The number of aromatic nitrogens is 1. The summed E-state index contributed by atoms with van der Waals surface area (Å²) in [7, 11) is 4.00. The SMILES string of the molecule is CN(C)Cc1ccc(Br)nc1N. The zero-order chi connectivity index (χ0) is 9.14. The highest BCUT2D eigenvalue weighted by atomic mass is 79.9. The van der Waals surface area contributed by atoms with Gasteiger partial charge in [0.2, 0.25) is 0 Å². The normalized spacial score (nSPS) is 10.7. The molecule has 0 unspecified atom stereocenters. The van der Waals surface area contributed by atoms with Crippen molar-refractivity contribution in [1.82, 2.24) is 9.88 Å². The van der Waals surface area contributed by atoms with Crippen LogP contribution in [0.5, 0.6) is 0 Å². The Bertz CT molecular complexity index is 273. The average Bonchev–Trinajstić information content (AvgIpc) is 1.94. The van der Waals surface area contributed by atoms with Crippen LogP contribution < -0.4 is 5.73 Å². The number of hydrogen-bond acceptors (Lipinski definition) is 3. The fourth-order valence-corrected chi connectivity index (χ4v) is 1.28. The second-order valence-electron chi connectivity index (χ2n) is 2.92. The lowest BCUT2D eigenvalue weighted by molar-refractivity contribution is 0.402. The molecule has 1 heterocycles. The number of rotatable bonds is 2. The van der Waals surface area contributed by atoms with E-state index in [1.165, 1.54) is 0 Å². The van der Waals surface area contributed by atoms with Crippen molar-refractivity contribution < 1.29 is 0 Å². The van der Waals surface area contributed by atoms with Gasteiger partial charge in [-0.25, -0.2) is 4.98 Å². The van der Waals surface area contributed by atoms with Crippen molar-refractivity contribution in [2.24, 2.45) is 0 Å². The molecular weight excluding hydrogens is 218 g/mol. The van der Waals surface area contributed by atoms with Crippen LogP contribution in [0.3, 0.4) is 0 Å². The van der Waals surface area contributed by atoms with Gasteiger partial charge in [0.25, 0.3) is 0 Å². The van der Waals surface area contributed by atoms with Crippen LogP contribution in [0, 0.1) is 0 Å². The second kappa shape index (κ2) is 3.87. The summed E-state index contributed by atoms with van der Waals surface area (Å²) >= 11 is 3.26. The van der Waals surface area contributed by atoms with Crippen LogP contribution in [0.4, 0.5) is 5.82 Å². The summed E-state index contributed by atoms with van der Waals surface area (Å²) < 4.78 is 0.780. The topological polar surface area (TPSA) is 42.2 Å². The number of nitrogens with two attached hydrogens (primary N) is 1. The molecule has 0 bridgehead atoms. The summed E-state index contributed by atoms with van der Waals surface area (Å²) in [5, 5.41) is 0. The molecular formula is C8H12BrN3. The Balaban J connectivity index is 2.86. The Morgan fingerprint density at radius 3 is 2.67 bits per heavy atom. The first-order valence-corrected chi connectivity index (χ1v) is 4.44. The Labute approximate surface area is 80.7 Å². The Kier molecular flexibility index (Phi) is 3.05. The van der Waals surface area contributed by atoms with Crippen LogP contribution in [-0.4, -0.2) is 24.0 Å². The van der Waals surface area contributed by atoms with Crippen molar-refractivity contribution in [3.05, 3.63) is 22.3 Å². The van der Waals surface area contributed by atoms with Crippen molar-refractivity contribution in [2.45, 2.75) is 6.54 Å². The van der Waals surface area contributed by atoms with Crippen LogP contribution in [0.25, 0.3) is 0 Å². The maximum absolute atomic E-state index is 5.70. The zero-order valence-corrected chi connectivity index (χ0v) is 8.80. The maximum Gasteiger partial charge on any atom is 0.129 e. The smallest absolute Gasteiger partial charge is 0.129 e. The molecule has 0 amide bonds. The Morgan fingerprint density at radius 1 is 1.50 bits per heavy atom. The summed E-state index contributed by atoms with van der Waals surface area (Å²) in [4.78, 5) is 6.15. The fourth-order valence-electron chi connectivity index (χ4n) is 0.953. The number of pyridine rings is 1. The highest BCUT2D eigenvalue weighted by molar-refractivity contribution is 9.10. The van der Waals surface area contributed by atoms with E-state index in [9.17, 15) is 0 Å². The molecule has 2 N–H and O–H groups in total. The third kappa shape index (κ3) is 2.46. The summed E-state index contributed by atoms with van der Waals surface area (Å²) in [6.45, 7) is 0.826. The molecule has 0 radical (unpaired) electrons. The Hall–Kier alpha value is -0.610. The van der Waals surface area contributed by atoms with Crippen LogP contribution in [0.1, 0.15) is 5.56 Å². The van der Waals surface area contributed by atoms with Gasteiger partial charge in [-0.1, -0.05) is 6.07 Å². The monoisotopic (exact) mass is 229 g/mol. The lowest BCUT2D eigenvalue weighted by atomic mass is 10.2. The van der Waals surface area contributed by atoms with Gasteiger partial charge in [0.1, 0.15) is 10.4 Å². The minimum Gasteiger partial charge on any atom is -0.383 e. The van der Waals surface area contributed by atoms with Crippen LogP contribution in [-0.2, 0) is 6.54 Å². The predicted molar refractivity (Wildman–Crippen MR) is 53.7 cm³/mol. The summed E-state index contributed by atoms with van der Waals surface area (Å²) in [5.41, 5.74) is 6.76. The first kappa shape index (κ1) is 9.48. The van der Waals surface area contributed by atoms with Crippen molar-refractivity contribution >= 4 is 21.7 Å². The van der Waals surface area contributed by atoms with Gasteiger partial charge in [-0.05, 0) is 36.1 Å². The van der Waals surface area contributed by atoms with Gasteiger partial charge in [0.15, 0.2) is 0 Å². The number of nitrogen functional groups attached to an aromatic ring is 1. The lowest BCUT2D eigenvalue weighted by Crippen LogP contribution is -2.12. The highest BCUT2D eigenvalue weighted by Crippen LogP contribution is 2.14. The summed E-state index contributed by atoms with van der Waals surface area (Å²) in [5.74, 6) is 0.595. The molecule has 1 aromatic heterocycles. The van der Waals surface area contributed by atoms with E-state index < -0.39 is 0 Å². The molecule has 66 valence electrons. The van der Waals surface area contributed by atoms with E-state index in [0.717, 1.165) is 16.7 Å². The predicted octanol–water partition coefficient (Wildman–Crippen LogP) is 1.49. The molecule has 0 aliphatic rings. The van der Waals surface area contributed by atoms with Gasteiger partial charge in [0.05, 0.1) is 0 Å². The minimum absolute atomic E-state index is 0.595. The first-order valence-electron chi connectivity index (χ1n) is 3.65. The molecule has 1 rings (SSSR count). The van der Waals surface area contributed by atoms with Gasteiger partial charge >= 0.3 is 0 Å². The molecule has 1 aromatic rings. The molecule has 0 aliphatic heterocycles. The van der Waals surface area contributed by atoms with E-state index in [1.54, 1.807) is 0 Å². The van der Waals surface area contributed by atoms with Gasteiger partial charge in [0, 0.05) is 12.1 Å². The third-order valence-corrected chi connectivity index (χ3v) is 1.91. The van der Waals surface area contributed by atoms with Crippen molar-refractivity contribution in [2.75, 3.05) is 19.8 Å². The lowest BCUT2D eigenvalue weighted by Gasteiger charge is -2.10. The molecule has 0 aliphatic carbocycles. The van der Waals surface area contributed by atoms with Crippen molar-refractivity contribution in [3.63, 3.8) is 0 Å². The van der Waals surface area contributed by atoms with E-state index in [1.807, 2.05) is 26.2 Å². The standard InChI is InChI=1S/C8H12BrN3/c1-12(2)5-6-3-4-7(9)11-8(6)10/h3-4H,5H2,1-2H3,(H2,10,11). The summed E-state index contributed by atoms with van der Waals surface area (Å²) in [6, 6.07) is 3.88. The number of nitrogens with zero attached hydrogens (tertiary/aromatic N) is 2. The van der Waals surface area contributed by atoms with Gasteiger partial charge < -0.3 is 10.6 Å². The van der Waals surface area contributed by atoms with E-state index in [0.29, 0.717) is 5.82 Å².